The van der Waals surface area contributed by atoms with Crippen LogP contribution in [0.2, 0.25) is 0 Å². The fourth-order valence-electron chi connectivity index (χ4n) is 3.69. The average Bonchev–Trinajstić information content (AvgIpc) is 2.77. The van der Waals surface area contributed by atoms with Gasteiger partial charge in [0.2, 0.25) is 5.91 Å². The second kappa shape index (κ2) is 8.35. The number of hydrogen-bond donors (Lipinski definition) is 1. The number of pyridine rings is 1. The van der Waals surface area contributed by atoms with Crippen molar-refractivity contribution in [3.05, 3.63) is 40.7 Å². The molecular formula is C22H25N5O4. The molecule has 1 aromatic carbocycles. The third-order valence-electron chi connectivity index (χ3n) is 5.44. The highest BCUT2D eigenvalue weighted by Gasteiger charge is 2.27. The molecule has 31 heavy (non-hydrogen) atoms. The van der Waals surface area contributed by atoms with Crippen LogP contribution in [-0.2, 0) is 4.79 Å². The number of aromatic amines is 1. The first-order valence-electron chi connectivity index (χ1n) is 10.1. The number of nitrogens with zero attached hydrogens (tertiary/aromatic N) is 4. The van der Waals surface area contributed by atoms with Crippen molar-refractivity contribution in [3.8, 4) is 23.0 Å². The van der Waals surface area contributed by atoms with Gasteiger partial charge in [-0.15, -0.1) is 0 Å². The normalized spacial score (nSPS) is 15.0. The van der Waals surface area contributed by atoms with Gasteiger partial charge in [-0.25, -0.2) is 9.97 Å². The van der Waals surface area contributed by atoms with Crippen molar-refractivity contribution >= 4 is 22.6 Å². The van der Waals surface area contributed by atoms with Crippen LogP contribution in [0.1, 0.15) is 13.8 Å². The number of rotatable bonds is 5. The number of anilines is 1. The largest absolute Gasteiger partial charge is 0.497 e. The van der Waals surface area contributed by atoms with E-state index in [-0.39, 0.29) is 11.5 Å². The molecular weight excluding hydrogens is 398 g/mol. The summed E-state index contributed by atoms with van der Waals surface area (Å²) in [4.78, 5) is 41.2. The van der Waals surface area contributed by atoms with E-state index in [9.17, 15) is 9.59 Å². The molecule has 162 valence electrons. The lowest BCUT2D eigenvalue weighted by molar-refractivity contribution is -0.121. The number of carbonyl (C=O) groups is 1. The quantitative estimate of drug-likeness (QED) is 0.670. The molecule has 1 aliphatic rings. The van der Waals surface area contributed by atoms with Crippen molar-refractivity contribution in [1.29, 1.82) is 0 Å². The van der Waals surface area contributed by atoms with Crippen LogP contribution in [0.5, 0.6) is 11.5 Å². The van der Waals surface area contributed by atoms with Crippen LogP contribution in [0.3, 0.4) is 0 Å². The van der Waals surface area contributed by atoms with E-state index in [1.165, 1.54) is 14.2 Å². The van der Waals surface area contributed by atoms with E-state index >= 15 is 0 Å². The summed E-state index contributed by atoms with van der Waals surface area (Å²) in [6.45, 7) is 5.85. The van der Waals surface area contributed by atoms with Crippen molar-refractivity contribution in [2.75, 3.05) is 38.8 Å². The van der Waals surface area contributed by atoms with Crippen molar-refractivity contribution in [3.63, 3.8) is 0 Å². The number of H-pyrrole nitrogens is 1. The van der Waals surface area contributed by atoms with Gasteiger partial charge in [0, 0.05) is 31.3 Å². The van der Waals surface area contributed by atoms with Gasteiger partial charge in [-0.3, -0.25) is 19.4 Å². The molecule has 0 bridgehead atoms. The molecule has 1 amide bonds. The fourth-order valence-corrected chi connectivity index (χ4v) is 3.69. The Kier molecular flexibility index (Phi) is 5.60. The van der Waals surface area contributed by atoms with Crippen molar-refractivity contribution in [1.82, 2.24) is 19.9 Å². The smallest absolute Gasteiger partial charge is 0.262 e. The molecule has 0 aliphatic carbocycles. The summed E-state index contributed by atoms with van der Waals surface area (Å²) in [5.41, 5.74) is 0.564. The molecule has 3 aromatic rings. The highest BCUT2D eigenvalue weighted by Crippen LogP contribution is 2.29. The lowest BCUT2D eigenvalue weighted by atomic mass is 10.2. The highest BCUT2D eigenvalue weighted by molar-refractivity contribution is 5.95. The number of amides is 1. The number of nitrogens with one attached hydrogen (secondary N) is 1. The van der Waals surface area contributed by atoms with E-state index in [2.05, 4.69) is 33.7 Å². The van der Waals surface area contributed by atoms with Crippen LogP contribution in [-0.4, -0.2) is 65.7 Å². The zero-order chi connectivity index (χ0) is 22.1. The molecule has 4 rings (SSSR count). The Morgan fingerprint density at radius 1 is 1.06 bits per heavy atom. The number of benzene rings is 1. The number of methoxy groups -OCH3 is 2. The second-order valence-corrected chi connectivity index (χ2v) is 7.63. The standard InChI is InChI=1S/C22H25N5O4/c1-13(2)26-8-9-27(19(28)12-26)18-7-5-6-15(23-18)21-24-16-10-14(30-3)11-17(31-4)20(16)22(29)25-21/h5-7,10-11,13H,8-9,12H2,1-4H3,(H,24,25,29). The molecule has 1 fully saturated rings. The van der Waals surface area contributed by atoms with Gasteiger partial charge in [-0.1, -0.05) is 6.07 Å². The van der Waals surface area contributed by atoms with Crippen LogP contribution in [0.15, 0.2) is 35.1 Å². The predicted octanol–water partition coefficient (Wildman–Crippen LogP) is 2.06. The van der Waals surface area contributed by atoms with Crippen LogP contribution in [0, 0.1) is 0 Å². The third-order valence-corrected chi connectivity index (χ3v) is 5.44. The van der Waals surface area contributed by atoms with E-state index in [1.54, 1.807) is 35.2 Å². The van der Waals surface area contributed by atoms with E-state index in [1.807, 2.05) is 0 Å². The number of piperazine rings is 1. The molecule has 1 N–H and O–H groups in total. The summed E-state index contributed by atoms with van der Waals surface area (Å²) >= 11 is 0. The molecule has 2 aromatic heterocycles. The van der Waals surface area contributed by atoms with E-state index < -0.39 is 0 Å². The van der Waals surface area contributed by atoms with Crippen LogP contribution in [0.4, 0.5) is 5.82 Å². The highest BCUT2D eigenvalue weighted by atomic mass is 16.5. The minimum Gasteiger partial charge on any atom is -0.497 e. The summed E-state index contributed by atoms with van der Waals surface area (Å²) in [7, 11) is 3.03. The summed E-state index contributed by atoms with van der Waals surface area (Å²) < 4.78 is 10.6. The maximum absolute atomic E-state index is 12.8. The Bertz CT molecular complexity index is 1190. The first-order chi connectivity index (χ1) is 14.9. The lowest BCUT2D eigenvalue weighted by Gasteiger charge is -2.35. The molecule has 9 heteroatoms. The molecule has 0 saturated carbocycles. The van der Waals surface area contributed by atoms with Crippen LogP contribution in [0.25, 0.3) is 22.4 Å². The number of carbonyl (C=O) groups excluding carboxylic acids is 1. The molecule has 0 unspecified atom stereocenters. The zero-order valence-corrected chi connectivity index (χ0v) is 18.0. The molecule has 1 saturated heterocycles. The van der Waals surface area contributed by atoms with Gasteiger partial charge in [0.25, 0.3) is 5.56 Å². The molecule has 0 atom stereocenters. The Hall–Kier alpha value is -3.46. The van der Waals surface area contributed by atoms with Gasteiger partial charge in [0.05, 0.1) is 26.3 Å². The predicted molar refractivity (Wildman–Crippen MR) is 118 cm³/mol. The minimum absolute atomic E-state index is 0.000892. The first-order valence-corrected chi connectivity index (χ1v) is 10.1. The zero-order valence-electron chi connectivity index (χ0n) is 18.0. The van der Waals surface area contributed by atoms with E-state index in [0.29, 0.717) is 58.9 Å². The maximum atomic E-state index is 12.8. The Balaban J connectivity index is 1.73. The number of ether oxygens (including phenoxy) is 2. The third kappa shape index (κ3) is 3.96. The summed E-state index contributed by atoms with van der Waals surface area (Å²) in [5, 5.41) is 0.336. The summed E-state index contributed by atoms with van der Waals surface area (Å²) in [6.07, 6.45) is 0. The SMILES string of the molecule is COc1cc(OC)c2c(=O)[nH]c(-c3cccc(N4CCN(C(C)C)CC4=O)n3)nc2c1. The number of fused-ring (bicyclic) bond motifs is 1. The lowest BCUT2D eigenvalue weighted by Crippen LogP contribution is -2.52. The van der Waals surface area contributed by atoms with Gasteiger partial charge in [0.1, 0.15) is 28.4 Å². The minimum atomic E-state index is -0.340. The molecule has 1 aliphatic heterocycles. The van der Waals surface area contributed by atoms with Crippen molar-refractivity contribution in [2.24, 2.45) is 0 Å². The first kappa shape index (κ1) is 20.8. The van der Waals surface area contributed by atoms with Gasteiger partial charge >= 0.3 is 0 Å². The van der Waals surface area contributed by atoms with Crippen molar-refractivity contribution in [2.45, 2.75) is 19.9 Å². The van der Waals surface area contributed by atoms with E-state index in [0.717, 1.165) is 6.54 Å². The Labute approximate surface area is 179 Å². The van der Waals surface area contributed by atoms with Gasteiger partial charge in [0.15, 0.2) is 5.82 Å². The van der Waals surface area contributed by atoms with Gasteiger partial charge < -0.3 is 14.5 Å². The van der Waals surface area contributed by atoms with Gasteiger partial charge in [-0.2, -0.15) is 0 Å². The molecule has 9 nitrogen and oxygen atoms in total. The average molecular weight is 423 g/mol. The maximum Gasteiger partial charge on any atom is 0.262 e. The van der Waals surface area contributed by atoms with Crippen LogP contribution < -0.4 is 19.9 Å². The second-order valence-electron chi connectivity index (χ2n) is 7.63. The Morgan fingerprint density at radius 3 is 2.55 bits per heavy atom. The van der Waals surface area contributed by atoms with Crippen LogP contribution >= 0.6 is 0 Å². The fraction of sp³-hybridized carbons (Fsp3) is 0.364. The van der Waals surface area contributed by atoms with Gasteiger partial charge in [-0.05, 0) is 26.0 Å². The summed E-state index contributed by atoms with van der Waals surface area (Å²) in [6, 6.07) is 8.97. The monoisotopic (exact) mass is 423 g/mol. The molecule has 0 spiro atoms. The summed E-state index contributed by atoms with van der Waals surface area (Å²) in [5.74, 6) is 1.76. The Morgan fingerprint density at radius 2 is 1.87 bits per heavy atom. The van der Waals surface area contributed by atoms with E-state index in [4.69, 9.17) is 9.47 Å². The number of hydrogen-bond acceptors (Lipinski definition) is 7. The van der Waals surface area contributed by atoms with Crippen molar-refractivity contribution < 1.29 is 14.3 Å². The number of aromatic nitrogens is 3. The molecule has 3 heterocycles. The topological polar surface area (TPSA) is 101 Å². The molecule has 0 radical (unpaired) electrons.